The first-order valence-corrected chi connectivity index (χ1v) is 29.8. The molecule has 9 rings (SSSR count). The number of benzene rings is 4. The van der Waals surface area contributed by atoms with Crippen molar-refractivity contribution in [2.45, 2.75) is 71.8 Å². The summed E-state index contributed by atoms with van der Waals surface area (Å²) in [6.07, 6.45) is 6.09. The molecule has 13 nitrogen and oxygen atoms in total. The first-order valence-electron chi connectivity index (χ1n) is 25.5. The number of allylic oxidation sites excluding steroid dienone is 1. The summed E-state index contributed by atoms with van der Waals surface area (Å²) in [4.78, 5) is 26.4. The summed E-state index contributed by atoms with van der Waals surface area (Å²) < 4.78 is 99.0. The highest BCUT2D eigenvalue weighted by Gasteiger charge is 2.48. The maximum atomic E-state index is 14.4. The van der Waals surface area contributed by atoms with Gasteiger partial charge in [-0.15, -0.1) is 11.8 Å². The van der Waals surface area contributed by atoms with Gasteiger partial charge in [0.25, 0.3) is 25.8 Å². The first-order chi connectivity index (χ1) is 35.9. The van der Waals surface area contributed by atoms with Crippen LogP contribution in [0.5, 0.6) is 0 Å². The summed E-state index contributed by atoms with van der Waals surface area (Å²) >= 11 is 7.75. The van der Waals surface area contributed by atoms with Gasteiger partial charge in [-0.05, 0) is 127 Å². The molecule has 3 N–H and O–H groups in total. The average Bonchev–Trinajstić information content (AvgIpc) is 3.40. The molecule has 2 atom stereocenters. The largest absolute Gasteiger partial charge is 0.501 e. The number of hydrogen-bond acceptors (Lipinski definition) is 13. The topological polar surface area (TPSA) is 147 Å². The summed E-state index contributed by atoms with van der Waals surface area (Å²) in [6, 6.07) is 29.9. The smallest absolute Gasteiger partial charge is 0.380 e. The van der Waals surface area contributed by atoms with Crippen molar-refractivity contribution in [1.82, 2.24) is 29.7 Å². The van der Waals surface area contributed by atoms with Gasteiger partial charge in [-0.2, -0.15) is 13.2 Å². The number of hydrogen-bond donors (Lipinski definition) is 3. The van der Waals surface area contributed by atoms with Crippen molar-refractivity contribution >= 4 is 66.1 Å². The number of anilines is 2. The van der Waals surface area contributed by atoms with E-state index in [1.54, 1.807) is 18.3 Å². The molecular formula is C55H64ClF3N8O5S3. The Balaban J connectivity index is 0.854. The lowest BCUT2D eigenvalue weighted by atomic mass is 9.71. The second-order valence-corrected chi connectivity index (χ2v) is 25.5. The number of pyridine rings is 1. The number of sulfone groups is 1. The van der Waals surface area contributed by atoms with Gasteiger partial charge in [0.15, 0.2) is 0 Å². The van der Waals surface area contributed by atoms with E-state index in [9.17, 15) is 34.8 Å². The van der Waals surface area contributed by atoms with Gasteiger partial charge >= 0.3 is 5.51 Å². The van der Waals surface area contributed by atoms with E-state index in [0.29, 0.717) is 36.4 Å². The monoisotopic (exact) mass is 1100 g/mol. The number of rotatable bonds is 18. The Labute approximate surface area is 448 Å². The van der Waals surface area contributed by atoms with E-state index in [1.807, 2.05) is 59.3 Å². The van der Waals surface area contributed by atoms with Gasteiger partial charge in [0.2, 0.25) is 0 Å². The minimum atomic E-state index is -6.09. The molecule has 2 fully saturated rings. The molecule has 75 heavy (non-hydrogen) atoms. The Morgan fingerprint density at radius 1 is 0.840 bits per heavy atom. The fourth-order valence-electron chi connectivity index (χ4n) is 10.7. The molecule has 1 aliphatic carbocycles. The molecule has 20 heteroatoms. The molecule has 2 saturated heterocycles. The molecule has 3 aliphatic heterocycles. The molecule has 4 heterocycles. The summed E-state index contributed by atoms with van der Waals surface area (Å²) in [5, 5.41) is 7.22. The number of halogens is 4. The van der Waals surface area contributed by atoms with Crippen LogP contribution in [0.25, 0.3) is 5.57 Å². The predicted molar refractivity (Wildman–Crippen MR) is 291 cm³/mol. The third kappa shape index (κ3) is 13.8. The first kappa shape index (κ1) is 54.8. The molecule has 4 aromatic carbocycles. The van der Waals surface area contributed by atoms with Crippen molar-refractivity contribution in [3.8, 4) is 0 Å². The van der Waals surface area contributed by atoms with Crippen LogP contribution in [0.4, 0.5) is 24.5 Å². The van der Waals surface area contributed by atoms with Crippen LogP contribution in [-0.2, 0) is 32.8 Å². The Kier molecular flexibility index (Phi) is 17.3. The molecule has 400 valence electrons. The van der Waals surface area contributed by atoms with Gasteiger partial charge in [0.1, 0.15) is 4.90 Å². The second-order valence-electron chi connectivity index (χ2n) is 20.3. The Bertz CT molecular complexity index is 3050. The summed E-state index contributed by atoms with van der Waals surface area (Å²) in [5.74, 6) is -0.672. The minimum Gasteiger partial charge on any atom is -0.380 e. The molecule has 5 aromatic rings. The van der Waals surface area contributed by atoms with Crippen molar-refractivity contribution in [3.05, 3.63) is 148 Å². The molecule has 0 radical (unpaired) electrons. The van der Waals surface area contributed by atoms with Crippen LogP contribution >= 0.6 is 23.4 Å². The molecule has 4 aliphatic rings. The highest BCUT2D eigenvalue weighted by atomic mass is 35.5. The van der Waals surface area contributed by atoms with Crippen LogP contribution in [0, 0.1) is 5.41 Å². The van der Waals surface area contributed by atoms with Crippen LogP contribution < -0.4 is 20.3 Å². The lowest BCUT2D eigenvalue weighted by Crippen LogP contribution is -2.49. The predicted octanol–water partition coefficient (Wildman–Crippen LogP) is 8.84. The standard InChI is InChI=1S/C55H64ClF3N8O5S3/c1-54(39-66-28-24-60-25-29-66)22-19-49(40-9-13-44(56)14-10-40)43(35-54)36-65-30-32-67(33-31-65)46-15-11-42(12-16-46)53(68)63-75(71,72)48-17-18-50(52(34-48)74(69,70)55(57,58)59)62-45(38-73-47-7-3-2-4-8-47)21-27-64-26-20-41-6-5-23-61-51(41)37-64/h2-18,23,34,45,60,62H,19-22,24-33,35-39H2,1H3,(H,63,68)/t45?,54-/m1/s1. The zero-order valence-electron chi connectivity index (χ0n) is 42.0. The van der Waals surface area contributed by atoms with E-state index in [4.69, 9.17) is 11.6 Å². The minimum absolute atomic E-state index is 0.00283. The van der Waals surface area contributed by atoms with Gasteiger partial charge in [-0.3, -0.25) is 19.6 Å². The number of sulfonamides is 1. The second kappa shape index (κ2) is 23.7. The summed E-state index contributed by atoms with van der Waals surface area (Å²) in [6.45, 7) is 13.5. The van der Waals surface area contributed by atoms with E-state index in [0.717, 1.165) is 132 Å². The number of alkyl halides is 3. The van der Waals surface area contributed by atoms with Gasteiger partial charge in [0.05, 0.1) is 16.3 Å². The number of aromatic nitrogens is 1. The van der Waals surface area contributed by atoms with Gasteiger partial charge in [0, 0.05) is 124 Å². The van der Waals surface area contributed by atoms with Crippen LogP contribution in [0.1, 0.15) is 59.8 Å². The third-order valence-corrected chi connectivity index (χ3v) is 19.1. The van der Waals surface area contributed by atoms with E-state index >= 15 is 0 Å². The highest BCUT2D eigenvalue weighted by molar-refractivity contribution is 7.99. The Morgan fingerprint density at radius 3 is 2.29 bits per heavy atom. The van der Waals surface area contributed by atoms with Crippen LogP contribution in [0.15, 0.2) is 136 Å². The van der Waals surface area contributed by atoms with Gasteiger partial charge in [-0.25, -0.2) is 21.6 Å². The van der Waals surface area contributed by atoms with Gasteiger partial charge in [-0.1, -0.05) is 60.5 Å². The zero-order chi connectivity index (χ0) is 52.8. The van der Waals surface area contributed by atoms with Crippen LogP contribution in [0.2, 0.25) is 5.02 Å². The number of thioether (sulfide) groups is 1. The Morgan fingerprint density at radius 2 is 1.57 bits per heavy atom. The maximum absolute atomic E-state index is 14.4. The number of piperazine rings is 2. The van der Waals surface area contributed by atoms with Crippen LogP contribution in [-0.4, -0.2) is 138 Å². The lowest BCUT2D eigenvalue weighted by molar-refractivity contribution is -0.0435. The molecular weight excluding hydrogens is 1040 g/mol. The lowest BCUT2D eigenvalue weighted by Gasteiger charge is -2.43. The van der Waals surface area contributed by atoms with E-state index in [-0.39, 0.29) is 11.0 Å². The zero-order valence-corrected chi connectivity index (χ0v) is 45.2. The Hall–Kier alpha value is -4.99. The molecule has 1 amide bonds. The van der Waals surface area contributed by atoms with E-state index < -0.39 is 52.8 Å². The number of carbonyl (C=O) groups excluding carboxylic acids is 1. The molecule has 1 aromatic heterocycles. The number of nitrogens with one attached hydrogen (secondary N) is 3. The number of carbonyl (C=O) groups is 1. The maximum Gasteiger partial charge on any atom is 0.501 e. The molecule has 0 spiro atoms. The molecule has 0 saturated carbocycles. The van der Waals surface area contributed by atoms with Crippen molar-refractivity contribution in [2.24, 2.45) is 5.41 Å². The fourth-order valence-corrected chi connectivity index (χ4v) is 13.9. The van der Waals surface area contributed by atoms with Crippen molar-refractivity contribution in [1.29, 1.82) is 0 Å². The normalized spacial score (nSPS) is 19.9. The average molecular weight is 1110 g/mol. The number of amides is 1. The SMILES string of the molecule is C[C@@]1(CN2CCNCC2)CCC(c2ccc(Cl)cc2)=C(CN2CCN(c3ccc(C(=O)NS(=O)(=O)c4ccc(NC(CCN5CCc6cccnc6C5)CSc5ccccc5)c(S(=O)(=O)C(F)(F)F)c4)cc3)CC2)C1. The fraction of sp³-hybridized carbons (Fsp3) is 0.418. The van der Waals surface area contributed by atoms with Crippen molar-refractivity contribution in [3.63, 3.8) is 0 Å². The molecule has 1 unspecified atom stereocenters. The van der Waals surface area contributed by atoms with Crippen molar-refractivity contribution < 1.29 is 34.8 Å². The van der Waals surface area contributed by atoms with E-state index in [2.05, 4.69) is 54.3 Å². The highest BCUT2D eigenvalue weighted by Crippen LogP contribution is 2.44. The van der Waals surface area contributed by atoms with Crippen LogP contribution in [0.3, 0.4) is 0 Å². The summed E-state index contributed by atoms with van der Waals surface area (Å²) in [5.41, 5.74) is 1.07. The summed E-state index contributed by atoms with van der Waals surface area (Å²) in [7, 11) is -11.0. The number of nitrogens with zero attached hydrogens (tertiary/aromatic N) is 5. The third-order valence-electron chi connectivity index (χ3n) is 14.8. The quantitative estimate of drug-likeness (QED) is 0.0719. The van der Waals surface area contributed by atoms with E-state index in [1.165, 1.54) is 40.6 Å². The number of fused-ring (bicyclic) bond motifs is 1. The van der Waals surface area contributed by atoms with Gasteiger partial charge < -0.3 is 20.4 Å². The molecule has 0 bridgehead atoms. The van der Waals surface area contributed by atoms with Crippen molar-refractivity contribution in [2.75, 3.05) is 94.5 Å².